The van der Waals surface area contributed by atoms with Gasteiger partial charge in [-0.15, -0.1) is 0 Å². The number of ether oxygens (including phenoxy) is 1. The Morgan fingerprint density at radius 1 is 1.04 bits per heavy atom. The number of nitrogens with two attached hydrogens (primary N) is 1. The largest absolute Gasteiger partial charge is 0.497 e. The van der Waals surface area contributed by atoms with Crippen molar-refractivity contribution in [3.8, 4) is 34.2 Å². The van der Waals surface area contributed by atoms with Crippen LogP contribution >= 0.6 is 23.2 Å². The summed E-state index contributed by atoms with van der Waals surface area (Å²) in [5, 5.41) is 10.5. The van der Waals surface area contributed by atoms with E-state index in [0.717, 1.165) is 22.4 Å². The van der Waals surface area contributed by atoms with E-state index in [1.807, 2.05) is 37.3 Å². The van der Waals surface area contributed by atoms with Crippen molar-refractivity contribution in [3.05, 3.63) is 63.6 Å². The number of hydrogen-bond donors (Lipinski definition) is 1. The summed E-state index contributed by atoms with van der Waals surface area (Å²) < 4.78 is 5.20. The topological polar surface area (TPSA) is 71.9 Å². The number of hydrogen-bond acceptors (Lipinski definition) is 4. The van der Waals surface area contributed by atoms with Gasteiger partial charge in [-0.25, -0.2) is 4.98 Å². The van der Waals surface area contributed by atoms with Gasteiger partial charge in [0.05, 0.1) is 22.8 Å². The highest BCUT2D eigenvalue weighted by atomic mass is 35.5. The second-order valence-electron chi connectivity index (χ2n) is 5.69. The average Bonchev–Trinajstić information content (AvgIpc) is 2.65. The lowest BCUT2D eigenvalue weighted by Crippen LogP contribution is -2.03. The third-order valence-corrected chi connectivity index (χ3v) is 4.89. The first-order valence-electron chi connectivity index (χ1n) is 7.76. The Hall–Kier alpha value is -2.74. The Labute approximate surface area is 161 Å². The molecule has 0 radical (unpaired) electrons. The van der Waals surface area contributed by atoms with E-state index in [4.69, 9.17) is 33.7 Å². The maximum absolute atomic E-state index is 9.59. The molecular formula is C20H15Cl2N3O. The highest BCUT2D eigenvalue weighted by Crippen LogP contribution is 2.38. The summed E-state index contributed by atoms with van der Waals surface area (Å²) in [6.45, 7) is 1.91. The summed E-state index contributed by atoms with van der Waals surface area (Å²) in [6.07, 6.45) is 0. The number of methoxy groups -OCH3 is 1. The van der Waals surface area contributed by atoms with Gasteiger partial charge in [-0.2, -0.15) is 5.26 Å². The minimum atomic E-state index is 0.171. The molecule has 0 amide bonds. The maximum atomic E-state index is 9.59. The Bertz CT molecular complexity index is 1020. The van der Waals surface area contributed by atoms with Gasteiger partial charge in [0.15, 0.2) is 0 Å². The molecule has 3 rings (SSSR count). The van der Waals surface area contributed by atoms with Crippen LogP contribution in [0.1, 0.15) is 11.1 Å². The zero-order chi connectivity index (χ0) is 18.8. The number of nitrogens with zero attached hydrogens (tertiary/aromatic N) is 2. The molecule has 0 unspecified atom stereocenters. The number of pyridine rings is 1. The molecule has 0 atom stereocenters. The summed E-state index contributed by atoms with van der Waals surface area (Å²) >= 11 is 12.2. The fourth-order valence-corrected chi connectivity index (χ4v) is 3.15. The van der Waals surface area contributed by atoms with Crippen molar-refractivity contribution < 1.29 is 4.74 Å². The van der Waals surface area contributed by atoms with E-state index in [-0.39, 0.29) is 5.82 Å². The number of anilines is 1. The summed E-state index contributed by atoms with van der Waals surface area (Å²) in [4.78, 5) is 4.45. The van der Waals surface area contributed by atoms with Gasteiger partial charge in [0, 0.05) is 11.1 Å². The fourth-order valence-electron chi connectivity index (χ4n) is 2.85. The van der Waals surface area contributed by atoms with Gasteiger partial charge in [0.2, 0.25) is 0 Å². The third-order valence-electron chi connectivity index (χ3n) is 4.15. The molecule has 26 heavy (non-hydrogen) atoms. The first-order chi connectivity index (χ1) is 12.5. The van der Waals surface area contributed by atoms with Gasteiger partial charge in [0.1, 0.15) is 23.2 Å². The van der Waals surface area contributed by atoms with Crippen molar-refractivity contribution in [2.45, 2.75) is 6.92 Å². The average molecular weight is 384 g/mol. The molecule has 2 aromatic carbocycles. The lowest BCUT2D eigenvalue weighted by molar-refractivity contribution is 0.415. The van der Waals surface area contributed by atoms with Crippen molar-refractivity contribution in [2.75, 3.05) is 12.8 Å². The number of aromatic nitrogens is 1. The summed E-state index contributed by atoms with van der Waals surface area (Å²) in [5.74, 6) is 0.919. The number of halogens is 2. The highest BCUT2D eigenvalue weighted by Gasteiger charge is 2.19. The summed E-state index contributed by atoms with van der Waals surface area (Å²) in [7, 11) is 1.61. The molecule has 3 aromatic rings. The van der Waals surface area contributed by atoms with Gasteiger partial charge < -0.3 is 10.5 Å². The predicted molar refractivity (Wildman–Crippen MR) is 106 cm³/mol. The van der Waals surface area contributed by atoms with Crippen molar-refractivity contribution in [3.63, 3.8) is 0 Å². The Balaban J connectivity index is 2.27. The highest BCUT2D eigenvalue weighted by molar-refractivity contribution is 6.42. The van der Waals surface area contributed by atoms with Gasteiger partial charge >= 0.3 is 0 Å². The zero-order valence-electron chi connectivity index (χ0n) is 14.2. The van der Waals surface area contributed by atoms with Gasteiger partial charge in [0.25, 0.3) is 0 Å². The molecule has 6 heteroatoms. The smallest absolute Gasteiger partial charge is 0.142 e. The van der Waals surface area contributed by atoms with E-state index in [2.05, 4.69) is 11.1 Å². The molecule has 2 N–H and O–H groups in total. The Morgan fingerprint density at radius 3 is 2.27 bits per heavy atom. The number of nitriles is 1. The Morgan fingerprint density at radius 2 is 1.69 bits per heavy atom. The molecule has 0 spiro atoms. The van der Waals surface area contributed by atoms with E-state index in [1.54, 1.807) is 19.2 Å². The van der Waals surface area contributed by atoms with Crippen LogP contribution in [-0.4, -0.2) is 12.1 Å². The van der Waals surface area contributed by atoms with Crippen LogP contribution in [0.15, 0.2) is 42.5 Å². The van der Waals surface area contributed by atoms with E-state index in [0.29, 0.717) is 26.9 Å². The lowest BCUT2D eigenvalue weighted by atomic mass is 9.93. The standard InChI is InChI=1S/C20H15Cl2N3O/c1-11-18(13-5-8-16(21)17(22)9-13)15(10-23)20(24)25-19(11)12-3-6-14(26-2)7-4-12/h3-9H,1-2H3,(H2,24,25). The van der Waals surface area contributed by atoms with Gasteiger partial charge in [-0.3, -0.25) is 0 Å². The summed E-state index contributed by atoms with van der Waals surface area (Å²) in [5.41, 5.74) is 10.3. The molecule has 0 bridgehead atoms. The number of benzene rings is 2. The minimum Gasteiger partial charge on any atom is -0.497 e. The predicted octanol–water partition coefficient (Wildman–Crippen LogP) is 5.49. The van der Waals surface area contributed by atoms with Crippen LogP contribution < -0.4 is 10.5 Å². The van der Waals surface area contributed by atoms with Crippen LogP contribution in [0.5, 0.6) is 5.75 Å². The molecule has 1 heterocycles. The quantitative estimate of drug-likeness (QED) is 0.648. The normalized spacial score (nSPS) is 10.4. The van der Waals surface area contributed by atoms with Crippen LogP contribution in [-0.2, 0) is 0 Å². The molecule has 130 valence electrons. The van der Waals surface area contributed by atoms with Crippen LogP contribution in [0.3, 0.4) is 0 Å². The lowest BCUT2D eigenvalue weighted by Gasteiger charge is -2.15. The van der Waals surface area contributed by atoms with E-state index in [1.165, 1.54) is 0 Å². The molecule has 1 aromatic heterocycles. The van der Waals surface area contributed by atoms with Gasteiger partial charge in [-0.1, -0.05) is 29.3 Å². The third kappa shape index (κ3) is 3.20. The van der Waals surface area contributed by atoms with Crippen molar-refractivity contribution >= 4 is 29.0 Å². The molecule has 0 aliphatic carbocycles. The van der Waals surface area contributed by atoms with E-state index < -0.39 is 0 Å². The van der Waals surface area contributed by atoms with Crippen LogP contribution in [0.4, 0.5) is 5.82 Å². The second kappa shape index (κ2) is 7.25. The van der Waals surface area contributed by atoms with Crippen LogP contribution in [0.25, 0.3) is 22.4 Å². The number of rotatable bonds is 3. The van der Waals surface area contributed by atoms with Crippen molar-refractivity contribution in [1.29, 1.82) is 5.26 Å². The summed E-state index contributed by atoms with van der Waals surface area (Å²) in [6, 6.07) is 14.9. The van der Waals surface area contributed by atoms with E-state index >= 15 is 0 Å². The first kappa shape index (κ1) is 18.1. The van der Waals surface area contributed by atoms with Gasteiger partial charge in [-0.05, 0) is 54.4 Å². The first-order valence-corrected chi connectivity index (χ1v) is 8.52. The zero-order valence-corrected chi connectivity index (χ0v) is 15.7. The fraction of sp³-hybridized carbons (Fsp3) is 0.100. The SMILES string of the molecule is COc1ccc(-c2nc(N)c(C#N)c(-c3ccc(Cl)c(Cl)c3)c2C)cc1. The molecule has 4 nitrogen and oxygen atoms in total. The van der Waals surface area contributed by atoms with Crippen molar-refractivity contribution in [2.24, 2.45) is 0 Å². The molecule has 0 aliphatic rings. The number of nitrogen functional groups attached to an aromatic ring is 1. The van der Waals surface area contributed by atoms with E-state index in [9.17, 15) is 5.26 Å². The van der Waals surface area contributed by atoms with Crippen molar-refractivity contribution in [1.82, 2.24) is 4.98 Å². The van der Waals surface area contributed by atoms with Crippen LogP contribution in [0, 0.1) is 18.3 Å². The molecular weight excluding hydrogens is 369 g/mol. The monoisotopic (exact) mass is 383 g/mol. The molecule has 0 saturated heterocycles. The van der Waals surface area contributed by atoms with Crippen LogP contribution in [0.2, 0.25) is 10.0 Å². The molecule has 0 saturated carbocycles. The Kier molecular flexibility index (Phi) is 5.03. The second-order valence-corrected chi connectivity index (χ2v) is 6.50. The minimum absolute atomic E-state index is 0.171. The maximum Gasteiger partial charge on any atom is 0.142 e. The molecule has 0 aliphatic heterocycles. The molecule has 0 fully saturated rings.